The fourth-order valence-electron chi connectivity index (χ4n) is 2.37. The van der Waals surface area contributed by atoms with Crippen LogP contribution in [-0.4, -0.2) is 55.6 Å². The van der Waals surface area contributed by atoms with Crippen molar-refractivity contribution in [3.8, 4) is 5.75 Å². The summed E-state index contributed by atoms with van der Waals surface area (Å²) in [5, 5.41) is 9.99. The molecule has 0 saturated carbocycles. The summed E-state index contributed by atoms with van der Waals surface area (Å²) in [5.74, 6) is 0.825. The third-order valence-corrected chi connectivity index (χ3v) is 3.48. The molecule has 0 radical (unpaired) electrons. The van der Waals surface area contributed by atoms with Crippen LogP contribution in [0, 0.1) is 0 Å². The van der Waals surface area contributed by atoms with E-state index in [9.17, 15) is 5.11 Å². The Morgan fingerprint density at radius 2 is 1.95 bits per heavy atom. The minimum absolute atomic E-state index is 0.338. The van der Waals surface area contributed by atoms with Gasteiger partial charge in [0.15, 0.2) is 0 Å². The molecular weight excluding hydrogens is 254 g/mol. The Morgan fingerprint density at radius 1 is 1.25 bits per heavy atom. The predicted octanol–water partition coefficient (Wildman–Crippen LogP) is 1.71. The summed E-state index contributed by atoms with van der Waals surface area (Å²) in [6.45, 7) is 6.46. The first-order valence-corrected chi connectivity index (χ1v) is 7.48. The Hall–Kier alpha value is -1.10. The first kappa shape index (κ1) is 15.3. The van der Waals surface area contributed by atoms with Gasteiger partial charge in [0, 0.05) is 19.6 Å². The Labute approximate surface area is 121 Å². The highest BCUT2D eigenvalue weighted by Gasteiger charge is 2.15. The Morgan fingerprint density at radius 3 is 2.60 bits per heavy atom. The summed E-state index contributed by atoms with van der Waals surface area (Å²) in [6.07, 6.45) is 1.79. The van der Waals surface area contributed by atoms with Crippen molar-refractivity contribution in [2.24, 2.45) is 0 Å². The van der Waals surface area contributed by atoms with E-state index in [4.69, 9.17) is 9.47 Å². The van der Waals surface area contributed by atoms with Crippen LogP contribution in [0.5, 0.6) is 5.75 Å². The van der Waals surface area contributed by atoms with E-state index in [-0.39, 0.29) is 0 Å². The molecule has 2 rings (SSSR count). The SMILES string of the molecule is CCCc1ccc(OCC(O)CN2CCOCC2)cc1. The summed E-state index contributed by atoms with van der Waals surface area (Å²) < 4.78 is 10.9. The molecule has 4 nitrogen and oxygen atoms in total. The van der Waals surface area contributed by atoms with Gasteiger partial charge in [-0.05, 0) is 24.1 Å². The van der Waals surface area contributed by atoms with Gasteiger partial charge >= 0.3 is 0 Å². The van der Waals surface area contributed by atoms with Gasteiger partial charge in [-0.15, -0.1) is 0 Å². The molecule has 1 aromatic rings. The molecule has 0 aromatic heterocycles. The van der Waals surface area contributed by atoms with Gasteiger partial charge in [-0.2, -0.15) is 0 Å². The third kappa shape index (κ3) is 5.12. The standard InChI is InChI=1S/C16H25NO3/c1-2-3-14-4-6-16(7-5-14)20-13-15(18)12-17-8-10-19-11-9-17/h4-7,15,18H,2-3,8-13H2,1H3. The number of nitrogens with zero attached hydrogens (tertiary/aromatic N) is 1. The number of aliphatic hydroxyl groups is 1. The van der Waals surface area contributed by atoms with Gasteiger partial charge in [0.2, 0.25) is 0 Å². The monoisotopic (exact) mass is 279 g/mol. The van der Waals surface area contributed by atoms with Crippen LogP contribution in [0.3, 0.4) is 0 Å². The van der Waals surface area contributed by atoms with Crippen molar-refractivity contribution in [3.05, 3.63) is 29.8 Å². The van der Waals surface area contributed by atoms with Crippen LogP contribution >= 0.6 is 0 Å². The second-order valence-corrected chi connectivity index (χ2v) is 5.27. The molecule has 1 unspecified atom stereocenters. The van der Waals surface area contributed by atoms with Crippen molar-refractivity contribution >= 4 is 0 Å². The van der Waals surface area contributed by atoms with Crippen LogP contribution in [0.25, 0.3) is 0 Å². The number of aryl methyl sites for hydroxylation is 1. The number of morpholine rings is 1. The number of β-amino-alcohol motifs (C(OH)–C–C–N with tert-alkyl or cyclic N) is 1. The Balaban J connectivity index is 1.70. The maximum Gasteiger partial charge on any atom is 0.119 e. The second-order valence-electron chi connectivity index (χ2n) is 5.27. The molecular formula is C16H25NO3. The minimum Gasteiger partial charge on any atom is -0.491 e. The van der Waals surface area contributed by atoms with Crippen LogP contribution in [0.1, 0.15) is 18.9 Å². The highest BCUT2D eigenvalue weighted by molar-refractivity contribution is 5.27. The maximum absolute atomic E-state index is 9.99. The lowest BCUT2D eigenvalue weighted by molar-refractivity contribution is 0.00465. The summed E-state index contributed by atoms with van der Waals surface area (Å²) in [4.78, 5) is 2.21. The molecule has 0 spiro atoms. The van der Waals surface area contributed by atoms with E-state index in [2.05, 4.69) is 24.0 Å². The molecule has 0 bridgehead atoms. The molecule has 1 aromatic carbocycles. The number of hydrogen-bond donors (Lipinski definition) is 1. The number of aliphatic hydroxyl groups excluding tert-OH is 1. The highest BCUT2D eigenvalue weighted by Crippen LogP contribution is 2.13. The molecule has 0 amide bonds. The first-order valence-electron chi connectivity index (χ1n) is 7.48. The van der Waals surface area contributed by atoms with Gasteiger partial charge in [0.25, 0.3) is 0 Å². The molecule has 1 atom stereocenters. The summed E-state index contributed by atoms with van der Waals surface area (Å²) in [7, 11) is 0. The topological polar surface area (TPSA) is 41.9 Å². The highest BCUT2D eigenvalue weighted by atomic mass is 16.5. The van der Waals surface area contributed by atoms with Gasteiger partial charge in [-0.3, -0.25) is 4.90 Å². The van der Waals surface area contributed by atoms with Gasteiger partial charge in [-0.1, -0.05) is 25.5 Å². The zero-order chi connectivity index (χ0) is 14.2. The van der Waals surface area contributed by atoms with Crippen LogP contribution < -0.4 is 4.74 Å². The lowest BCUT2D eigenvalue weighted by atomic mass is 10.1. The Kier molecular flexibility index (Phi) is 6.30. The fourth-order valence-corrected chi connectivity index (χ4v) is 2.37. The van der Waals surface area contributed by atoms with Crippen LogP contribution in [-0.2, 0) is 11.2 Å². The van der Waals surface area contributed by atoms with Crippen molar-refractivity contribution < 1.29 is 14.6 Å². The largest absolute Gasteiger partial charge is 0.491 e. The van der Waals surface area contributed by atoms with Crippen molar-refractivity contribution in [1.82, 2.24) is 4.90 Å². The first-order chi connectivity index (χ1) is 9.78. The third-order valence-electron chi connectivity index (χ3n) is 3.48. The van der Waals surface area contributed by atoms with Gasteiger partial charge in [0.1, 0.15) is 18.5 Å². The van der Waals surface area contributed by atoms with Crippen molar-refractivity contribution in [2.75, 3.05) is 39.5 Å². The normalized spacial score (nSPS) is 17.9. The summed E-state index contributed by atoms with van der Waals surface area (Å²) in [5.41, 5.74) is 1.33. The van der Waals surface area contributed by atoms with E-state index >= 15 is 0 Å². The smallest absolute Gasteiger partial charge is 0.119 e. The van der Waals surface area contributed by atoms with Crippen molar-refractivity contribution in [2.45, 2.75) is 25.9 Å². The quantitative estimate of drug-likeness (QED) is 0.825. The van der Waals surface area contributed by atoms with E-state index in [1.807, 2.05) is 12.1 Å². The van der Waals surface area contributed by atoms with Crippen molar-refractivity contribution in [3.63, 3.8) is 0 Å². The molecule has 1 heterocycles. The molecule has 1 N–H and O–H groups in total. The zero-order valence-electron chi connectivity index (χ0n) is 12.3. The van der Waals surface area contributed by atoms with Gasteiger partial charge < -0.3 is 14.6 Å². The van der Waals surface area contributed by atoms with Gasteiger partial charge in [-0.25, -0.2) is 0 Å². The van der Waals surface area contributed by atoms with E-state index in [1.54, 1.807) is 0 Å². The van der Waals surface area contributed by atoms with E-state index in [1.165, 1.54) is 5.56 Å². The van der Waals surface area contributed by atoms with Crippen molar-refractivity contribution in [1.29, 1.82) is 0 Å². The summed E-state index contributed by atoms with van der Waals surface area (Å²) >= 11 is 0. The fraction of sp³-hybridized carbons (Fsp3) is 0.625. The molecule has 20 heavy (non-hydrogen) atoms. The maximum atomic E-state index is 9.99. The average Bonchev–Trinajstić information content (AvgIpc) is 2.48. The van der Waals surface area contributed by atoms with Crippen LogP contribution in [0.15, 0.2) is 24.3 Å². The molecule has 112 valence electrons. The summed E-state index contributed by atoms with van der Waals surface area (Å²) in [6, 6.07) is 8.14. The number of benzene rings is 1. The second kappa shape index (κ2) is 8.25. The molecule has 1 aliphatic heterocycles. The Bertz CT molecular complexity index is 374. The lowest BCUT2D eigenvalue weighted by Crippen LogP contribution is -2.42. The van der Waals surface area contributed by atoms with Crippen LogP contribution in [0.4, 0.5) is 0 Å². The van der Waals surface area contributed by atoms with Gasteiger partial charge in [0.05, 0.1) is 13.2 Å². The number of ether oxygens (including phenoxy) is 2. The van der Waals surface area contributed by atoms with Crippen LogP contribution in [0.2, 0.25) is 0 Å². The zero-order valence-corrected chi connectivity index (χ0v) is 12.3. The minimum atomic E-state index is -0.455. The number of hydrogen-bond acceptors (Lipinski definition) is 4. The molecule has 4 heteroatoms. The number of rotatable bonds is 7. The molecule has 1 aliphatic rings. The predicted molar refractivity (Wildman–Crippen MR) is 79.2 cm³/mol. The molecule has 1 saturated heterocycles. The molecule has 0 aliphatic carbocycles. The van der Waals surface area contributed by atoms with E-state index in [0.29, 0.717) is 13.2 Å². The average molecular weight is 279 g/mol. The lowest BCUT2D eigenvalue weighted by Gasteiger charge is -2.28. The molecule has 1 fully saturated rings. The van der Waals surface area contributed by atoms with E-state index in [0.717, 1.165) is 44.9 Å². The van der Waals surface area contributed by atoms with E-state index < -0.39 is 6.10 Å².